The lowest BCUT2D eigenvalue weighted by Crippen LogP contribution is -2.35. The Morgan fingerprint density at radius 3 is 2.52 bits per heavy atom. The van der Waals surface area contributed by atoms with E-state index in [4.69, 9.17) is 21.3 Å². The Balaban J connectivity index is 0.00000210. The maximum atomic E-state index is 10.3. The van der Waals surface area contributed by atoms with E-state index < -0.39 is 6.10 Å². The Morgan fingerprint density at radius 1 is 1.14 bits per heavy atom. The predicted octanol–water partition coefficient (Wildman–Crippen LogP) is 5.01. The van der Waals surface area contributed by atoms with Gasteiger partial charge >= 0.3 is 0 Å². The topological polar surface area (TPSA) is 57.6 Å². The molecule has 0 bridgehead atoms. The van der Waals surface area contributed by atoms with Crippen molar-refractivity contribution in [2.75, 3.05) is 38.6 Å². The normalized spacial score (nSPS) is 11.8. The minimum atomic E-state index is -0.462. The van der Waals surface area contributed by atoms with E-state index in [0.717, 1.165) is 46.3 Å². The van der Waals surface area contributed by atoms with Gasteiger partial charge in [0, 0.05) is 29.9 Å². The summed E-state index contributed by atoms with van der Waals surface area (Å²) in [5.74, 6) is 0.764. The van der Waals surface area contributed by atoms with E-state index in [1.54, 1.807) is 7.11 Å². The molecule has 0 saturated heterocycles. The number of anilines is 1. The first-order valence-electron chi connectivity index (χ1n) is 9.27. The third-order valence-corrected chi connectivity index (χ3v) is 5.15. The molecule has 0 aliphatic rings. The zero-order valence-corrected chi connectivity index (χ0v) is 19.2. The Labute approximate surface area is 189 Å². The molecule has 2 aromatic carbocycles. The molecule has 2 N–H and O–H groups in total. The smallest absolute Gasteiger partial charge is 0.121 e. The van der Waals surface area contributed by atoms with Crippen molar-refractivity contribution >= 4 is 63.9 Å². The molecule has 1 heterocycles. The molecule has 0 amide bonds. The molecule has 8 heteroatoms. The Morgan fingerprint density at radius 2 is 1.86 bits per heavy atom. The van der Waals surface area contributed by atoms with E-state index in [1.165, 1.54) is 0 Å². The van der Waals surface area contributed by atoms with Gasteiger partial charge in [-0.25, -0.2) is 4.98 Å². The number of aliphatic hydroxyl groups is 1. The monoisotopic (exact) mass is 459 g/mol. The van der Waals surface area contributed by atoms with Crippen LogP contribution in [-0.4, -0.2) is 54.4 Å². The second-order valence-electron chi connectivity index (χ2n) is 6.56. The minimum Gasteiger partial charge on any atom is -0.497 e. The highest BCUT2D eigenvalue weighted by molar-refractivity contribution is 6.36. The number of likely N-dealkylation sites (N-methyl/N-ethyl adjacent to an activating group) is 1. The van der Waals surface area contributed by atoms with Gasteiger partial charge < -0.3 is 20.1 Å². The molecule has 0 aliphatic heterocycles. The lowest BCUT2D eigenvalue weighted by atomic mass is 10.1. The third kappa shape index (κ3) is 6.00. The van der Waals surface area contributed by atoms with Crippen molar-refractivity contribution in [1.29, 1.82) is 0 Å². The van der Waals surface area contributed by atoms with E-state index in [9.17, 15) is 5.11 Å². The van der Waals surface area contributed by atoms with Gasteiger partial charge in [0.25, 0.3) is 0 Å². The summed E-state index contributed by atoms with van der Waals surface area (Å²) in [5.41, 5.74) is 2.49. The number of ether oxygens (including phenoxy) is 1. The Hall–Kier alpha value is -1.50. The lowest BCUT2D eigenvalue weighted by molar-refractivity contribution is 0.128. The summed E-state index contributed by atoms with van der Waals surface area (Å²) >= 11 is 6.41. The quantitative estimate of drug-likeness (QED) is 0.463. The van der Waals surface area contributed by atoms with Crippen molar-refractivity contribution in [3.8, 4) is 5.75 Å². The molecule has 1 unspecified atom stereocenters. The molecule has 0 saturated carbocycles. The van der Waals surface area contributed by atoms with Crippen molar-refractivity contribution in [2.45, 2.75) is 20.0 Å². The van der Waals surface area contributed by atoms with Crippen LogP contribution in [0.1, 0.15) is 13.8 Å². The fourth-order valence-corrected chi connectivity index (χ4v) is 3.41. The summed E-state index contributed by atoms with van der Waals surface area (Å²) in [5, 5.41) is 16.2. The standard InChI is InChI=1S/C21H26ClN3O2.2ClH/c1-4-25(5-2)13-15(26)12-23-19-9-8-18(22)17-10-14-6-7-16(27-3)11-20(14)24-21(17)19;;/h6-11,15,23,26H,4-5,12-13H2,1-3H3;2*1H. The highest BCUT2D eigenvalue weighted by Gasteiger charge is 2.12. The molecular formula is C21H28Cl3N3O2. The van der Waals surface area contributed by atoms with Gasteiger partial charge in [0.15, 0.2) is 0 Å². The van der Waals surface area contributed by atoms with E-state index in [2.05, 4.69) is 24.1 Å². The molecule has 1 aromatic heterocycles. The van der Waals surface area contributed by atoms with Gasteiger partial charge in [-0.1, -0.05) is 25.4 Å². The van der Waals surface area contributed by atoms with Crippen molar-refractivity contribution in [3.63, 3.8) is 0 Å². The summed E-state index contributed by atoms with van der Waals surface area (Å²) in [7, 11) is 1.64. The van der Waals surface area contributed by atoms with Crippen LogP contribution in [0.25, 0.3) is 21.8 Å². The first-order chi connectivity index (χ1) is 13.0. The van der Waals surface area contributed by atoms with Crippen LogP contribution in [0, 0.1) is 0 Å². The number of hydrogen-bond donors (Lipinski definition) is 2. The summed E-state index contributed by atoms with van der Waals surface area (Å²) in [6.45, 7) is 7.13. The molecule has 29 heavy (non-hydrogen) atoms. The number of rotatable bonds is 8. The van der Waals surface area contributed by atoms with Crippen molar-refractivity contribution in [3.05, 3.63) is 41.4 Å². The highest BCUT2D eigenvalue weighted by atomic mass is 35.5. The fourth-order valence-electron chi connectivity index (χ4n) is 3.20. The fraction of sp³-hybridized carbons (Fsp3) is 0.381. The number of hydrogen-bond acceptors (Lipinski definition) is 5. The molecular weight excluding hydrogens is 433 g/mol. The zero-order chi connectivity index (χ0) is 19.4. The van der Waals surface area contributed by atoms with E-state index in [-0.39, 0.29) is 24.8 Å². The van der Waals surface area contributed by atoms with Gasteiger partial charge in [-0.3, -0.25) is 0 Å². The number of nitrogens with zero attached hydrogens (tertiary/aromatic N) is 2. The molecule has 160 valence electrons. The van der Waals surface area contributed by atoms with Crippen molar-refractivity contribution in [2.24, 2.45) is 0 Å². The van der Waals surface area contributed by atoms with E-state index in [0.29, 0.717) is 18.1 Å². The lowest BCUT2D eigenvalue weighted by Gasteiger charge is -2.22. The van der Waals surface area contributed by atoms with Crippen LogP contribution in [-0.2, 0) is 0 Å². The molecule has 0 aliphatic carbocycles. The van der Waals surface area contributed by atoms with Gasteiger partial charge in [0.1, 0.15) is 5.75 Å². The second-order valence-corrected chi connectivity index (χ2v) is 6.97. The number of halogens is 3. The van der Waals surface area contributed by atoms with Crippen LogP contribution in [0.3, 0.4) is 0 Å². The first kappa shape index (κ1) is 25.5. The minimum absolute atomic E-state index is 0. The van der Waals surface area contributed by atoms with Crippen LogP contribution in [0.4, 0.5) is 5.69 Å². The number of benzene rings is 2. The number of pyridine rings is 1. The van der Waals surface area contributed by atoms with E-state index >= 15 is 0 Å². The Bertz CT molecular complexity index is 936. The summed E-state index contributed by atoms with van der Waals surface area (Å²) < 4.78 is 5.31. The van der Waals surface area contributed by atoms with Gasteiger partial charge in [0.05, 0.1) is 35.0 Å². The van der Waals surface area contributed by atoms with Gasteiger partial charge in [0.2, 0.25) is 0 Å². The molecule has 3 aromatic rings. The highest BCUT2D eigenvalue weighted by Crippen LogP contribution is 2.32. The van der Waals surface area contributed by atoms with E-state index in [1.807, 2.05) is 36.4 Å². The number of aliphatic hydroxyl groups excluding tert-OH is 1. The maximum Gasteiger partial charge on any atom is 0.121 e. The van der Waals surface area contributed by atoms with Gasteiger partial charge in [-0.15, -0.1) is 24.8 Å². The molecule has 0 spiro atoms. The predicted molar refractivity (Wildman–Crippen MR) is 128 cm³/mol. The van der Waals surface area contributed by atoms with Crippen molar-refractivity contribution < 1.29 is 9.84 Å². The third-order valence-electron chi connectivity index (χ3n) is 4.83. The molecule has 0 fully saturated rings. The second kappa shape index (κ2) is 11.6. The SMILES string of the molecule is CCN(CC)CC(O)CNc1ccc(Cl)c2cc3ccc(OC)cc3nc12.Cl.Cl. The van der Waals surface area contributed by atoms with Crippen LogP contribution in [0.2, 0.25) is 5.02 Å². The van der Waals surface area contributed by atoms with Gasteiger partial charge in [-0.2, -0.15) is 0 Å². The number of fused-ring (bicyclic) bond motifs is 2. The van der Waals surface area contributed by atoms with Crippen molar-refractivity contribution in [1.82, 2.24) is 9.88 Å². The number of aromatic nitrogens is 1. The zero-order valence-electron chi connectivity index (χ0n) is 16.8. The average molecular weight is 461 g/mol. The molecule has 0 radical (unpaired) electrons. The first-order valence-corrected chi connectivity index (χ1v) is 9.64. The maximum absolute atomic E-state index is 10.3. The summed E-state index contributed by atoms with van der Waals surface area (Å²) in [4.78, 5) is 7.00. The van der Waals surface area contributed by atoms with Gasteiger partial charge in [-0.05, 0) is 43.4 Å². The van der Waals surface area contributed by atoms with Crippen LogP contribution in [0.15, 0.2) is 36.4 Å². The van der Waals surface area contributed by atoms with Crippen LogP contribution >= 0.6 is 36.4 Å². The van der Waals surface area contributed by atoms with Crippen LogP contribution < -0.4 is 10.1 Å². The summed E-state index contributed by atoms with van der Waals surface area (Å²) in [6.07, 6.45) is -0.462. The molecule has 1 atom stereocenters. The molecule has 3 rings (SSSR count). The number of nitrogens with one attached hydrogen (secondary N) is 1. The largest absolute Gasteiger partial charge is 0.497 e. The van der Waals surface area contributed by atoms with Crippen LogP contribution in [0.5, 0.6) is 5.75 Å². The average Bonchev–Trinajstić information content (AvgIpc) is 2.70. The Kier molecular flexibility index (Phi) is 10.2. The molecule has 5 nitrogen and oxygen atoms in total. The number of methoxy groups -OCH3 is 1. The summed E-state index contributed by atoms with van der Waals surface area (Å²) in [6, 6.07) is 11.6.